The number of ether oxygens (including phenoxy) is 2. The zero-order valence-corrected chi connectivity index (χ0v) is 11.1. The normalized spacial score (nSPS) is 10.5. The Morgan fingerprint density at radius 3 is 2.60 bits per heavy atom. The number of nitrogens with one attached hydrogen (secondary N) is 2. The zero-order chi connectivity index (χ0) is 14.4. The molecule has 7 nitrogen and oxygen atoms in total. The van der Waals surface area contributed by atoms with Gasteiger partial charge in [0.1, 0.15) is 5.75 Å². The molecule has 0 fully saturated rings. The lowest BCUT2D eigenvalue weighted by Crippen LogP contribution is -2.09. The van der Waals surface area contributed by atoms with E-state index in [-0.39, 0.29) is 17.9 Å². The minimum Gasteiger partial charge on any atom is -0.497 e. The number of nitrogens with zero attached hydrogens (tertiary/aromatic N) is 2. The number of aromatic nitrogens is 3. The lowest BCUT2D eigenvalue weighted by atomic mass is 10.2. The highest BCUT2D eigenvalue weighted by Gasteiger charge is 2.04. The van der Waals surface area contributed by atoms with Crippen LogP contribution in [0.5, 0.6) is 11.8 Å². The Labute approximate surface area is 115 Å². The highest BCUT2D eigenvalue weighted by atomic mass is 16.5. The quantitative estimate of drug-likeness (QED) is 0.806. The first-order chi connectivity index (χ1) is 9.71. The first-order valence-corrected chi connectivity index (χ1v) is 5.81. The Bertz CT molecular complexity index is 604. The van der Waals surface area contributed by atoms with Gasteiger partial charge >= 0.3 is 6.01 Å². The smallest absolute Gasteiger partial charge is 0.336 e. The number of carbonyl (C=O) groups excluding carboxylic acids is 1. The van der Waals surface area contributed by atoms with Crippen LogP contribution < -0.4 is 14.8 Å². The maximum atomic E-state index is 11.7. The number of rotatable bonds is 5. The highest BCUT2D eigenvalue weighted by molar-refractivity contribution is 6.00. The molecule has 1 aromatic heterocycles. The van der Waals surface area contributed by atoms with Crippen LogP contribution in [-0.2, 0) is 4.79 Å². The Morgan fingerprint density at radius 2 is 2.00 bits per heavy atom. The van der Waals surface area contributed by atoms with Crippen molar-refractivity contribution >= 4 is 17.9 Å². The summed E-state index contributed by atoms with van der Waals surface area (Å²) in [4.78, 5) is 15.5. The van der Waals surface area contributed by atoms with Gasteiger partial charge in [-0.2, -0.15) is 4.98 Å². The number of methoxy groups -OCH3 is 2. The summed E-state index contributed by atoms with van der Waals surface area (Å²) in [5, 5.41) is 8.78. The van der Waals surface area contributed by atoms with Crippen LogP contribution >= 0.6 is 0 Å². The molecule has 0 aliphatic rings. The molecular weight excluding hydrogens is 260 g/mol. The first kappa shape index (κ1) is 13.6. The van der Waals surface area contributed by atoms with E-state index in [1.54, 1.807) is 13.2 Å². The topological polar surface area (TPSA) is 89.1 Å². The van der Waals surface area contributed by atoms with E-state index in [1.807, 2.05) is 24.3 Å². The summed E-state index contributed by atoms with van der Waals surface area (Å²) < 4.78 is 9.85. The first-order valence-electron chi connectivity index (χ1n) is 5.81. The fraction of sp³-hybridized carbons (Fsp3) is 0.154. The summed E-state index contributed by atoms with van der Waals surface area (Å²) >= 11 is 0. The molecule has 0 spiro atoms. The predicted octanol–water partition coefficient (Wildman–Crippen LogP) is 1.47. The van der Waals surface area contributed by atoms with Crippen molar-refractivity contribution in [2.75, 3.05) is 19.5 Å². The molecular formula is C13H14N4O3. The van der Waals surface area contributed by atoms with Crippen molar-refractivity contribution in [1.82, 2.24) is 15.2 Å². The van der Waals surface area contributed by atoms with Crippen molar-refractivity contribution in [3.05, 3.63) is 35.9 Å². The second kappa shape index (κ2) is 6.37. The molecule has 1 heterocycles. The molecule has 104 valence electrons. The maximum absolute atomic E-state index is 11.7. The van der Waals surface area contributed by atoms with Crippen molar-refractivity contribution in [3.63, 3.8) is 0 Å². The average molecular weight is 274 g/mol. The molecule has 1 aromatic carbocycles. The fourth-order valence-corrected chi connectivity index (χ4v) is 1.44. The summed E-state index contributed by atoms with van der Waals surface area (Å²) in [5.41, 5.74) is 0.885. The number of hydrogen-bond acceptors (Lipinski definition) is 5. The number of H-pyrrole nitrogens is 1. The van der Waals surface area contributed by atoms with Gasteiger partial charge in [0.2, 0.25) is 5.95 Å². The molecule has 2 N–H and O–H groups in total. The van der Waals surface area contributed by atoms with Crippen molar-refractivity contribution < 1.29 is 14.3 Å². The van der Waals surface area contributed by atoms with Crippen LogP contribution in [0.4, 0.5) is 5.95 Å². The molecule has 0 saturated heterocycles. The van der Waals surface area contributed by atoms with Gasteiger partial charge in [-0.05, 0) is 23.8 Å². The van der Waals surface area contributed by atoms with Crippen LogP contribution in [0, 0.1) is 0 Å². The Morgan fingerprint density at radius 1 is 1.25 bits per heavy atom. The van der Waals surface area contributed by atoms with E-state index < -0.39 is 0 Å². The molecule has 2 aromatic rings. The Hall–Kier alpha value is -2.83. The van der Waals surface area contributed by atoms with Crippen molar-refractivity contribution in [2.45, 2.75) is 0 Å². The van der Waals surface area contributed by atoms with Crippen LogP contribution in [0.15, 0.2) is 30.3 Å². The largest absolute Gasteiger partial charge is 0.497 e. The summed E-state index contributed by atoms with van der Waals surface area (Å²) in [5.74, 6) is 0.672. The number of anilines is 1. The number of benzene rings is 1. The van der Waals surface area contributed by atoms with Crippen molar-refractivity contribution in [1.29, 1.82) is 0 Å². The van der Waals surface area contributed by atoms with Crippen LogP contribution in [0.2, 0.25) is 0 Å². The molecule has 7 heteroatoms. The van der Waals surface area contributed by atoms with Gasteiger partial charge in [0.25, 0.3) is 5.91 Å². The van der Waals surface area contributed by atoms with E-state index >= 15 is 0 Å². The van der Waals surface area contributed by atoms with E-state index in [2.05, 4.69) is 20.5 Å². The predicted molar refractivity (Wildman–Crippen MR) is 73.6 cm³/mol. The van der Waals surface area contributed by atoms with Gasteiger partial charge in [0.15, 0.2) is 0 Å². The van der Waals surface area contributed by atoms with Crippen LogP contribution in [0.1, 0.15) is 5.56 Å². The second-order valence-corrected chi connectivity index (χ2v) is 3.77. The number of amides is 1. The zero-order valence-electron chi connectivity index (χ0n) is 11.1. The molecule has 20 heavy (non-hydrogen) atoms. The molecule has 2 rings (SSSR count). The maximum Gasteiger partial charge on any atom is 0.336 e. The monoisotopic (exact) mass is 274 g/mol. The molecule has 0 saturated carbocycles. The summed E-state index contributed by atoms with van der Waals surface area (Å²) in [6, 6.07) is 7.50. The third-order valence-electron chi connectivity index (χ3n) is 2.43. The van der Waals surface area contributed by atoms with Gasteiger partial charge in [-0.15, -0.1) is 5.10 Å². The van der Waals surface area contributed by atoms with Crippen LogP contribution in [0.25, 0.3) is 6.08 Å². The summed E-state index contributed by atoms with van der Waals surface area (Å²) in [6.07, 6.45) is 3.08. The lowest BCUT2D eigenvalue weighted by molar-refractivity contribution is -0.111. The van der Waals surface area contributed by atoms with Gasteiger partial charge in [-0.25, -0.2) is 5.10 Å². The number of hydrogen-bond donors (Lipinski definition) is 2. The van der Waals surface area contributed by atoms with Gasteiger partial charge in [0.05, 0.1) is 14.2 Å². The molecule has 0 aliphatic heterocycles. The molecule has 0 radical (unpaired) electrons. The van der Waals surface area contributed by atoms with Gasteiger partial charge in [-0.3, -0.25) is 10.1 Å². The molecule has 0 unspecified atom stereocenters. The molecule has 1 amide bonds. The number of carbonyl (C=O) groups is 1. The van der Waals surface area contributed by atoms with Gasteiger partial charge < -0.3 is 9.47 Å². The Kier molecular flexibility index (Phi) is 4.33. The van der Waals surface area contributed by atoms with Gasteiger partial charge in [0, 0.05) is 6.08 Å². The van der Waals surface area contributed by atoms with Crippen molar-refractivity contribution in [2.24, 2.45) is 0 Å². The standard InChI is InChI=1S/C13H14N4O3/c1-19-10-6-3-9(4-7-10)5-8-11(18)14-12-15-13(20-2)17-16-12/h3-8H,1-2H3,(H2,14,15,16,17,18)/b8-5+. The highest BCUT2D eigenvalue weighted by Crippen LogP contribution is 2.12. The minimum atomic E-state index is -0.320. The summed E-state index contributed by atoms with van der Waals surface area (Å²) in [6.45, 7) is 0. The van der Waals surface area contributed by atoms with Crippen LogP contribution in [-0.4, -0.2) is 35.3 Å². The molecule has 0 aliphatic carbocycles. The van der Waals surface area contributed by atoms with E-state index in [4.69, 9.17) is 9.47 Å². The van der Waals surface area contributed by atoms with E-state index in [9.17, 15) is 4.79 Å². The fourth-order valence-electron chi connectivity index (χ4n) is 1.44. The van der Waals surface area contributed by atoms with Gasteiger partial charge in [-0.1, -0.05) is 12.1 Å². The van der Waals surface area contributed by atoms with E-state index in [0.29, 0.717) is 0 Å². The third kappa shape index (κ3) is 3.58. The summed E-state index contributed by atoms with van der Waals surface area (Å²) in [7, 11) is 3.04. The van der Waals surface area contributed by atoms with Crippen molar-refractivity contribution in [3.8, 4) is 11.8 Å². The second-order valence-electron chi connectivity index (χ2n) is 3.77. The third-order valence-corrected chi connectivity index (χ3v) is 2.43. The Balaban J connectivity index is 1.94. The number of aromatic amines is 1. The molecule has 0 bridgehead atoms. The SMILES string of the molecule is COc1ccc(/C=C/C(=O)Nc2nc(OC)n[nH]2)cc1. The minimum absolute atomic E-state index is 0.166. The lowest BCUT2D eigenvalue weighted by Gasteiger charge is -1.99. The molecule has 0 atom stereocenters. The average Bonchev–Trinajstić information content (AvgIpc) is 2.93. The van der Waals surface area contributed by atoms with E-state index in [0.717, 1.165) is 11.3 Å². The van der Waals surface area contributed by atoms with E-state index in [1.165, 1.54) is 13.2 Å². The van der Waals surface area contributed by atoms with Crippen LogP contribution in [0.3, 0.4) is 0 Å².